The molecule has 4 N–H and O–H groups in total. The number of hydrogen-bond acceptors (Lipinski definition) is 5. The highest BCUT2D eigenvalue weighted by molar-refractivity contribution is 5.16. The van der Waals surface area contributed by atoms with E-state index in [9.17, 15) is 15.3 Å². The Labute approximate surface area is 89.1 Å². The molecule has 1 saturated carbocycles. The number of nitrogens with one attached hydrogen (secondary N) is 1. The van der Waals surface area contributed by atoms with Gasteiger partial charge in [-0.1, -0.05) is 13.3 Å². The van der Waals surface area contributed by atoms with E-state index < -0.39 is 18.3 Å². The summed E-state index contributed by atoms with van der Waals surface area (Å²) in [4.78, 5) is 0. The number of hydrogen-bond donors (Lipinski definition) is 4. The average molecular weight is 217 g/mol. The Morgan fingerprint density at radius 1 is 1.07 bits per heavy atom. The van der Waals surface area contributed by atoms with Crippen LogP contribution in [0.3, 0.4) is 0 Å². The summed E-state index contributed by atoms with van der Waals surface area (Å²) in [6, 6.07) is -0.120. The zero-order chi connectivity index (χ0) is 11.0. The van der Waals surface area contributed by atoms with Crippen molar-refractivity contribution < 1.29 is 20.1 Å². The molecule has 0 amide bonds. The van der Waals surface area contributed by atoms with Crippen molar-refractivity contribution in [3.63, 3.8) is 0 Å². The standard InChI is InChI=1S/C10H19NO4/c1-2-3-4-15-10-6-5(11-6)7(12)8(13)9(10)14/h5-14H,2-4H2,1H3/t5-,6+,7-,8+,9-,10-/m0/s1. The van der Waals surface area contributed by atoms with Gasteiger partial charge >= 0.3 is 0 Å². The molecule has 0 unspecified atom stereocenters. The van der Waals surface area contributed by atoms with Crippen LogP contribution in [0.1, 0.15) is 19.8 Å². The molecule has 0 bridgehead atoms. The van der Waals surface area contributed by atoms with Gasteiger partial charge in [-0.3, -0.25) is 0 Å². The molecule has 6 atom stereocenters. The van der Waals surface area contributed by atoms with Crippen molar-refractivity contribution in [1.82, 2.24) is 5.32 Å². The quantitative estimate of drug-likeness (QED) is 0.344. The van der Waals surface area contributed by atoms with E-state index in [2.05, 4.69) is 12.2 Å². The molecule has 1 aliphatic heterocycles. The van der Waals surface area contributed by atoms with Gasteiger partial charge in [0, 0.05) is 6.61 Å². The maximum absolute atomic E-state index is 9.73. The summed E-state index contributed by atoms with van der Waals surface area (Å²) in [5.74, 6) is 0. The van der Waals surface area contributed by atoms with Crippen LogP contribution in [0.5, 0.6) is 0 Å². The van der Waals surface area contributed by atoms with Crippen LogP contribution in [-0.4, -0.2) is 58.4 Å². The summed E-state index contributed by atoms with van der Waals surface area (Å²) < 4.78 is 5.52. The van der Waals surface area contributed by atoms with Crippen LogP contribution >= 0.6 is 0 Å². The number of aliphatic hydroxyl groups is 3. The van der Waals surface area contributed by atoms with E-state index in [4.69, 9.17) is 4.74 Å². The topological polar surface area (TPSA) is 91.9 Å². The van der Waals surface area contributed by atoms with Gasteiger partial charge in [0.2, 0.25) is 0 Å². The van der Waals surface area contributed by atoms with Crippen molar-refractivity contribution >= 4 is 0 Å². The van der Waals surface area contributed by atoms with Crippen molar-refractivity contribution in [2.45, 2.75) is 56.3 Å². The summed E-state index contributed by atoms with van der Waals surface area (Å²) in [6.45, 7) is 2.66. The predicted octanol–water partition coefficient (Wildman–Crippen LogP) is -1.39. The third-order valence-electron chi connectivity index (χ3n) is 3.23. The molecule has 0 spiro atoms. The van der Waals surface area contributed by atoms with Gasteiger partial charge in [-0.2, -0.15) is 0 Å². The Balaban J connectivity index is 1.89. The first kappa shape index (κ1) is 11.3. The van der Waals surface area contributed by atoms with Gasteiger partial charge in [0.25, 0.3) is 0 Å². The molecule has 0 aromatic carbocycles. The molecular formula is C10H19NO4. The summed E-state index contributed by atoms with van der Waals surface area (Å²) in [5, 5.41) is 31.8. The molecule has 2 fully saturated rings. The fourth-order valence-corrected chi connectivity index (χ4v) is 2.16. The Morgan fingerprint density at radius 3 is 2.47 bits per heavy atom. The highest BCUT2D eigenvalue weighted by Gasteiger charge is 2.58. The SMILES string of the molecule is CCCCO[C@@H]1[C@@H](O)[C@H](O)[C@@H](O)[C@H]2N[C@H]21. The van der Waals surface area contributed by atoms with Crippen molar-refractivity contribution in [1.29, 1.82) is 0 Å². The molecule has 1 aliphatic carbocycles. The molecule has 2 rings (SSSR count). The van der Waals surface area contributed by atoms with Crippen LogP contribution in [0.4, 0.5) is 0 Å². The first-order valence-corrected chi connectivity index (χ1v) is 5.58. The second kappa shape index (κ2) is 4.35. The van der Waals surface area contributed by atoms with Gasteiger partial charge in [-0.15, -0.1) is 0 Å². The predicted molar refractivity (Wildman–Crippen MR) is 53.4 cm³/mol. The molecule has 0 aromatic heterocycles. The molecule has 0 aromatic rings. The zero-order valence-electron chi connectivity index (χ0n) is 8.84. The summed E-state index contributed by atoms with van der Waals surface area (Å²) in [6.07, 6.45) is -1.38. The summed E-state index contributed by atoms with van der Waals surface area (Å²) in [5.41, 5.74) is 0. The summed E-state index contributed by atoms with van der Waals surface area (Å²) >= 11 is 0. The molecule has 1 heterocycles. The minimum absolute atomic E-state index is 0.00439. The fraction of sp³-hybridized carbons (Fsp3) is 1.00. The number of fused-ring (bicyclic) bond motifs is 1. The van der Waals surface area contributed by atoms with E-state index >= 15 is 0 Å². The lowest BCUT2D eigenvalue weighted by atomic mass is 9.89. The van der Waals surface area contributed by atoms with E-state index in [1.165, 1.54) is 0 Å². The van der Waals surface area contributed by atoms with Gasteiger partial charge in [0.15, 0.2) is 0 Å². The number of rotatable bonds is 4. The van der Waals surface area contributed by atoms with Crippen molar-refractivity contribution in [2.24, 2.45) is 0 Å². The average Bonchev–Trinajstić information content (AvgIpc) is 3.00. The lowest BCUT2D eigenvalue weighted by Gasteiger charge is -2.33. The largest absolute Gasteiger partial charge is 0.389 e. The highest BCUT2D eigenvalue weighted by Crippen LogP contribution is 2.32. The zero-order valence-corrected chi connectivity index (χ0v) is 8.84. The Hall–Kier alpha value is -0.200. The first-order valence-electron chi connectivity index (χ1n) is 5.58. The smallest absolute Gasteiger partial charge is 0.110 e. The van der Waals surface area contributed by atoms with Crippen LogP contribution in [0.15, 0.2) is 0 Å². The fourth-order valence-electron chi connectivity index (χ4n) is 2.16. The van der Waals surface area contributed by atoms with Crippen LogP contribution in [0.2, 0.25) is 0 Å². The van der Waals surface area contributed by atoms with Crippen molar-refractivity contribution in [3.05, 3.63) is 0 Å². The van der Waals surface area contributed by atoms with Crippen molar-refractivity contribution in [3.8, 4) is 0 Å². The minimum atomic E-state index is -1.10. The van der Waals surface area contributed by atoms with Gasteiger partial charge in [-0.25, -0.2) is 0 Å². The Kier molecular flexibility index (Phi) is 3.27. The minimum Gasteiger partial charge on any atom is -0.389 e. The van der Waals surface area contributed by atoms with Crippen LogP contribution in [0, 0.1) is 0 Å². The van der Waals surface area contributed by atoms with E-state index in [1.807, 2.05) is 0 Å². The van der Waals surface area contributed by atoms with Crippen LogP contribution in [0.25, 0.3) is 0 Å². The molecule has 5 heteroatoms. The maximum atomic E-state index is 9.73. The molecule has 1 saturated heterocycles. The van der Waals surface area contributed by atoms with E-state index in [0.29, 0.717) is 6.61 Å². The maximum Gasteiger partial charge on any atom is 0.110 e. The van der Waals surface area contributed by atoms with Crippen molar-refractivity contribution in [2.75, 3.05) is 6.61 Å². The number of unbranched alkanes of at least 4 members (excludes halogenated alkanes) is 1. The Bertz CT molecular complexity index is 225. The molecule has 2 aliphatic rings. The normalized spacial score (nSPS) is 48.8. The van der Waals surface area contributed by atoms with E-state index in [-0.39, 0.29) is 18.2 Å². The van der Waals surface area contributed by atoms with Gasteiger partial charge in [0.1, 0.15) is 18.3 Å². The van der Waals surface area contributed by atoms with Gasteiger partial charge in [0.05, 0.1) is 18.2 Å². The second-order valence-electron chi connectivity index (χ2n) is 4.38. The van der Waals surface area contributed by atoms with Crippen LogP contribution < -0.4 is 5.32 Å². The van der Waals surface area contributed by atoms with Gasteiger partial charge < -0.3 is 25.4 Å². The molecule has 0 radical (unpaired) electrons. The second-order valence-corrected chi connectivity index (χ2v) is 4.38. The number of ether oxygens (including phenoxy) is 1. The lowest BCUT2D eigenvalue weighted by Crippen LogP contribution is -2.54. The molecule has 15 heavy (non-hydrogen) atoms. The first-order chi connectivity index (χ1) is 7.16. The third kappa shape index (κ3) is 2.03. The lowest BCUT2D eigenvalue weighted by molar-refractivity contribution is -0.140. The van der Waals surface area contributed by atoms with E-state index in [0.717, 1.165) is 12.8 Å². The number of aliphatic hydroxyl groups excluding tert-OH is 3. The highest BCUT2D eigenvalue weighted by atomic mass is 16.5. The molecular weight excluding hydrogens is 198 g/mol. The molecule has 88 valence electrons. The van der Waals surface area contributed by atoms with Gasteiger partial charge in [-0.05, 0) is 6.42 Å². The Morgan fingerprint density at radius 2 is 1.80 bits per heavy atom. The van der Waals surface area contributed by atoms with Crippen LogP contribution in [-0.2, 0) is 4.74 Å². The third-order valence-corrected chi connectivity index (χ3v) is 3.23. The van der Waals surface area contributed by atoms with E-state index in [1.54, 1.807) is 0 Å². The summed E-state index contributed by atoms with van der Waals surface area (Å²) in [7, 11) is 0. The molecule has 5 nitrogen and oxygen atoms in total. The monoisotopic (exact) mass is 217 g/mol.